The number of benzene rings is 1. The molecule has 17 heavy (non-hydrogen) atoms. The molecule has 0 bridgehead atoms. The first kappa shape index (κ1) is 12.6. The average molecular weight is 331 g/mol. The molecule has 1 N–H and O–H groups in total. The summed E-state index contributed by atoms with van der Waals surface area (Å²) in [6.45, 7) is 1.99. The standard InChI is InChI=1S/C12H9BrClNOS/c1-7-2-3-8(6-9(7)13)15-12(16)10-4-5-11(14)17-10/h2-6H,1H3,(H,15,16). The number of carbonyl (C=O) groups is 1. The van der Waals surface area contributed by atoms with Crippen molar-refractivity contribution in [3.8, 4) is 0 Å². The number of anilines is 1. The van der Waals surface area contributed by atoms with Gasteiger partial charge in [0.15, 0.2) is 0 Å². The molecule has 0 spiro atoms. The first-order valence-electron chi connectivity index (χ1n) is 4.89. The Morgan fingerprint density at radius 1 is 1.35 bits per heavy atom. The Bertz CT molecular complexity index is 567. The summed E-state index contributed by atoms with van der Waals surface area (Å²) in [5.41, 5.74) is 1.89. The molecular weight excluding hydrogens is 322 g/mol. The summed E-state index contributed by atoms with van der Waals surface area (Å²) in [5.74, 6) is -0.141. The maximum atomic E-state index is 11.8. The third-order valence-corrected chi connectivity index (χ3v) is 4.31. The van der Waals surface area contributed by atoms with Crippen molar-refractivity contribution in [3.05, 3.63) is 49.6 Å². The monoisotopic (exact) mass is 329 g/mol. The van der Waals surface area contributed by atoms with E-state index in [2.05, 4.69) is 21.2 Å². The van der Waals surface area contributed by atoms with Crippen LogP contribution in [-0.2, 0) is 0 Å². The minimum Gasteiger partial charge on any atom is -0.321 e. The highest BCUT2D eigenvalue weighted by atomic mass is 79.9. The van der Waals surface area contributed by atoms with Crippen LogP contribution in [0.3, 0.4) is 0 Å². The van der Waals surface area contributed by atoms with Gasteiger partial charge in [-0.3, -0.25) is 4.79 Å². The molecule has 1 aromatic carbocycles. The Kier molecular flexibility index (Phi) is 3.86. The number of hydrogen-bond donors (Lipinski definition) is 1. The summed E-state index contributed by atoms with van der Waals surface area (Å²) in [6.07, 6.45) is 0. The van der Waals surface area contributed by atoms with Crippen LogP contribution in [-0.4, -0.2) is 5.91 Å². The predicted octanol–water partition coefficient (Wildman–Crippen LogP) is 4.72. The van der Waals surface area contributed by atoms with Gasteiger partial charge < -0.3 is 5.32 Å². The van der Waals surface area contributed by atoms with Gasteiger partial charge in [0.2, 0.25) is 0 Å². The molecule has 2 nitrogen and oxygen atoms in total. The number of carbonyl (C=O) groups excluding carboxylic acids is 1. The lowest BCUT2D eigenvalue weighted by Crippen LogP contribution is -2.09. The number of halogens is 2. The fourth-order valence-corrected chi connectivity index (χ4v) is 2.62. The molecule has 88 valence electrons. The highest BCUT2D eigenvalue weighted by Crippen LogP contribution is 2.24. The molecule has 0 atom stereocenters. The molecule has 0 unspecified atom stereocenters. The van der Waals surface area contributed by atoms with Crippen molar-refractivity contribution in [1.29, 1.82) is 0 Å². The zero-order chi connectivity index (χ0) is 12.4. The smallest absolute Gasteiger partial charge is 0.265 e. The van der Waals surface area contributed by atoms with Crippen molar-refractivity contribution in [2.75, 3.05) is 5.32 Å². The number of nitrogens with one attached hydrogen (secondary N) is 1. The highest BCUT2D eigenvalue weighted by molar-refractivity contribution is 9.10. The molecule has 0 aliphatic rings. The van der Waals surface area contributed by atoms with Gasteiger partial charge in [-0.1, -0.05) is 33.6 Å². The van der Waals surface area contributed by atoms with Gasteiger partial charge in [0.1, 0.15) is 0 Å². The van der Waals surface area contributed by atoms with Gasteiger partial charge in [0.05, 0.1) is 9.21 Å². The quantitative estimate of drug-likeness (QED) is 0.847. The highest BCUT2D eigenvalue weighted by Gasteiger charge is 2.09. The number of rotatable bonds is 2. The Hall–Kier alpha value is -0.840. The van der Waals surface area contributed by atoms with Crippen LogP contribution in [0.1, 0.15) is 15.2 Å². The Morgan fingerprint density at radius 2 is 2.12 bits per heavy atom. The van der Waals surface area contributed by atoms with Gasteiger partial charge in [0, 0.05) is 10.2 Å². The zero-order valence-electron chi connectivity index (χ0n) is 8.96. The summed E-state index contributed by atoms with van der Waals surface area (Å²) in [4.78, 5) is 12.5. The summed E-state index contributed by atoms with van der Waals surface area (Å²) in [5, 5.41) is 2.82. The van der Waals surface area contributed by atoms with Crippen molar-refractivity contribution in [2.45, 2.75) is 6.92 Å². The molecular formula is C12H9BrClNOS. The molecule has 2 rings (SSSR count). The number of hydrogen-bond acceptors (Lipinski definition) is 2. The largest absolute Gasteiger partial charge is 0.321 e. The van der Waals surface area contributed by atoms with Gasteiger partial charge in [-0.2, -0.15) is 0 Å². The molecule has 0 saturated heterocycles. The molecule has 0 aliphatic heterocycles. The van der Waals surface area contributed by atoms with Crippen molar-refractivity contribution in [2.24, 2.45) is 0 Å². The fourth-order valence-electron chi connectivity index (χ4n) is 1.30. The second-order valence-corrected chi connectivity index (χ2v) is 6.09. The van der Waals surface area contributed by atoms with Crippen molar-refractivity contribution in [1.82, 2.24) is 0 Å². The van der Waals surface area contributed by atoms with E-state index in [1.165, 1.54) is 11.3 Å². The van der Waals surface area contributed by atoms with Gasteiger partial charge in [0.25, 0.3) is 5.91 Å². The van der Waals surface area contributed by atoms with E-state index in [0.29, 0.717) is 9.21 Å². The van der Waals surface area contributed by atoms with Crippen LogP contribution < -0.4 is 5.32 Å². The van der Waals surface area contributed by atoms with E-state index in [4.69, 9.17) is 11.6 Å². The molecule has 0 saturated carbocycles. The Labute approximate surface area is 117 Å². The molecule has 0 fully saturated rings. The SMILES string of the molecule is Cc1ccc(NC(=O)c2ccc(Cl)s2)cc1Br. The van der Waals surface area contributed by atoms with Gasteiger partial charge in [-0.25, -0.2) is 0 Å². The molecule has 2 aromatic rings. The van der Waals surface area contributed by atoms with E-state index in [0.717, 1.165) is 15.7 Å². The average Bonchev–Trinajstić information content (AvgIpc) is 2.70. The van der Waals surface area contributed by atoms with Gasteiger partial charge in [-0.15, -0.1) is 11.3 Å². The molecule has 1 heterocycles. The van der Waals surface area contributed by atoms with Crippen LogP contribution in [0.2, 0.25) is 4.34 Å². The van der Waals surface area contributed by atoms with E-state index >= 15 is 0 Å². The maximum Gasteiger partial charge on any atom is 0.265 e. The van der Waals surface area contributed by atoms with Gasteiger partial charge in [-0.05, 0) is 36.8 Å². The zero-order valence-corrected chi connectivity index (χ0v) is 12.1. The number of amides is 1. The second kappa shape index (κ2) is 5.21. The molecule has 0 aliphatic carbocycles. The van der Waals surface area contributed by atoms with Crippen LogP contribution in [0.4, 0.5) is 5.69 Å². The third-order valence-electron chi connectivity index (χ3n) is 2.23. The number of thiophene rings is 1. The van der Waals surface area contributed by atoms with Crippen molar-refractivity contribution < 1.29 is 4.79 Å². The lowest BCUT2D eigenvalue weighted by molar-refractivity contribution is 0.103. The van der Waals surface area contributed by atoms with E-state index in [1.54, 1.807) is 12.1 Å². The number of aryl methyl sites for hydroxylation is 1. The lowest BCUT2D eigenvalue weighted by Gasteiger charge is -2.05. The maximum absolute atomic E-state index is 11.8. The van der Waals surface area contributed by atoms with Crippen molar-refractivity contribution in [3.63, 3.8) is 0 Å². The second-order valence-electron chi connectivity index (χ2n) is 3.52. The molecule has 1 amide bonds. The van der Waals surface area contributed by atoms with E-state index in [9.17, 15) is 4.79 Å². The fraction of sp³-hybridized carbons (Fsp3) is 0.0833. The van der Waals surface area contributed by atoms with Crippen LogP contribution in [0, 0.1) is 6.92 Å². The Morgan fingerprint density at radius 3 is 2.71 bits per heavy atom. The summed E-state index contributed by atoms with van der Waals surface area (Å²) >= 11 is 10.5. The summed E-state index contributed by atoms with van der Waals surface area (Å²) in [6, 6.07) is 9.12. The minimum absolute atomic E-state index is 0.141. The van der Waals surface area contributed by atoms with E-state index < -0.39 is 0 Å². The first-order chi connectivity index (χ1) is 8.06. The third kappa shape index (κ3) is 3.09. The summed E-state index contributed by atoms with van der Waals surface area (Å²) in [7, 11) is 0. The van der Waals surface area contributed by atoms with Gasteiger partial charge >= 0.3 is 0 Å². The van der Waals surface area contributed by atoms with Crippen LogP contribution in [0.25, 0.3) is 0 Å². The van der Waals surface area contributed by atoms with E-state index in [-0.39, 0.29) is 5.91 Å². The van der Waals surface area contributed by atoms with Crippen LogP contribution in [0.5, 0.6) is 0 Å². The minimum atomic E-state index is -0.141. The first-order valence-corrected chi connectivity index (χ1v) is 6.88. The van der Waals surface area contributed by atoms with Crippen LogP contribution in [0.15, 0.2) is 34.8 Å². The van der Waals surface area contributed by atoms with Crippen molar-refractivity contribution >= 4 is 50.5 Å². The normalized spacial score (nSPS) is 10.3. The topological polar surface area (TPSA) is 29.1 Å². The molecule has 1 aromatic heterocycles. The molecule has 5 heteroatoms. The predicted molar refractivity (Wildman–Crippen MR) is 76.2 cm³/mol. The lowest BCUT2D eigenvalue weighted by atomic mass is 10.2. The Balaban J connectivity index is 2.15. The molecule has 0 radical (unpaired) electrons. The van der Waals surface area contributed by atoms with Crippen LogP contribution >= 0.6 is 38.9 Å². The summed E-state index contributed by atoms with van der Waals surface area (Å²) < 4.78 is 1.58. The van der Waals surface area contributed by atoms with E-state index in [1.807, 2.05) is 25.1 Å².